The predicted molar refractivity (Wildman–Crippen MR) is 195 cm³/mol. The summed E-state index contributed by atoms with van der Waals surface area (Å²) < 4.78 is 46.5. The lowest BCUT2D eigenvalue weighted by molar-refractivity contribution is -0.352. The summed E-state index contributed by atoms with van der Waals surface area (Å²) in [6.45, 7) is 18.6. The molecule has 300 valence electrons. The van der Waals surface area contributed by atoms with Gasteiger partial charge in [0, 0.05) is 44.0 Å². The first-order valence-corrected chi connectivity index (χ1v) is 20.0. The van der Waals surface area contributed by atoms with E-state index in [4.69, 9.17) is 33.2 Å². The van der Waals surface area contributed by atoms with Gasteiger partial charge >= 0.3 is 5.97 Å². The van der Waals surface area contributed by atoms with Crippen LogP contribution >= 0.6 is 0 Å². The van der Waals surface area contributed by atoms with Gasteiger partial charge in [0.05, 0.1) is 60.5 Å². The van der Waals surface area contributed by atoms with Crippen LogP contribution < -0.4 is 0 Å². The lowest BCUT2D eigenvalue weighted by Gasteiger charge is -2.50. The Bertz CT molecular complexity index is 1250. The van der Waals surface area contributed by atoms with E-state index in [1.807, 2.05) is 6.92 Å². The molecule has 5 aliphatic heterocycles. The summed E-state index contributed by atoms with van der Waals surface area (Å²) in [5.41, 5.74) is -0.768. The number of hydrogen-bond acceptors (Lipinski definition) is 10. The lowest BCUT2D eigenvalue weighted by atomic mass is 9.78. The summed E-state index contributed by atoms with van der Waals surface area (Å²) in [7, 11) is 3.35. The molecule has 11 nitrogen and oxygen atoms in total. The Morgan fingerprint density at radius 2 is 1.67 bits per heavy atom. The Kier molecular flexibility index (Phi) is 13.0. The van der Waals surface area contributed by atoms with E-state index in [2.05, 4.69) is 48.5 Å². The maximum Gasteiger partial charge on any atom is 0.330 e. The minimum atomic E-state index is -1.02. The van der Waals surface area contributed by atoms with E-state index >= 15 is 0 Å². The number of ether oxygens (including phenoxy) is 7. The molecule has 3 N–H and O–H groups in total. The number of aliphatic hydroxyl groups is 2. The molecule has 17 unspecified atom stereocenters. The van der Waals surface area contributed by atoms with Crippen LogP contribution in [0.25, 0.3) is 0 Å². The first-order valence-electron chi connectivity index (χ1n) is 20.0. The predicted octanol–water partition coefficient (Wildman–Crippen LogP) is 6.26. The van der Waals surface area contributed by atoms with Crippen LogP contribution in [-0.2, 0) is 38.0 Å². The van der Waals surface area contributed by atoms with Gasteiger partial charge in [-0.25, -0.2) is 4.79 Å². The van der Waals surface area contributed by atoms with Crippen molar-refractivity contribution in [2.45, 2.75) is 186 Å². The number of methoxy groups -OCH3 is 2. The zero-order valence-electron chi connectivity index (χ0n) is 33.8. The first kappa shape index (κ1) is 42.0. The standard InChI is InChI=1S/C41H70O11/c1-23(16-26(4)37(44)45)12-13-30(43)19-31-20-32(46-10)29(7)41(49-31)28(6)21-39(9,52-41)34-14-15-38(8,50-34)36-25(3)18-33(48-36)35-24(2)17-27(5)40(22-42,47-11)51-35/h16,23-25,27-36,42-43H,12-15,17-22H2,1-11H3,(H,44,45)/b26-16+. The van der Waals surface area contributed by atoms with Crippen LogP contribution in [0.2, 0.25) is 0 Å². The minimum Gasteiger partial charge on any atom is -0.478 e. The van der Waals surface area contributed by atoms with Crippen LogP contribution in [-0.4, -0.2) is 108 Å². The van der Waals surface area contributed by atoms with E-state index in [0.717, 1.165) is 32.1 Å². The Morgan fingerprint density at radius 3 is 2.31 bits per heavy atom. The first-order chi connectivity index (χ1) is 24.4. The number of carboxylic acid groups (broad SMARTS) is 1. The highest BCUT2D eigenvalue weighted by atomic mass is 16.7. The molecule has 1 spiro atoms. The van der Waals surface area contributed by atoms with Crippen LogP contribution in [0, 0.1) is 35.5 Å². The molecule has 0 aromatic heterocycles. The molecular weight excluding hydrogens is 668 g/mol. The van der Waals surface area contributed by atoms with Crippen molar-refractivity contribution in [2.24, 2.45) is 35.5 Å². The summed E-state index contributed by atoms with van der Waals surface area (Å²) >= 11 is 0. The monoisotopic (exact) mass is 738 g/mol. The van der Waals surface area contributed by atoms with Gasteiger partial charge in [0.15, 0.2) is 11.6 Å². The molecule has 52 heavy (non-hydrogen) atoms. The topological polar surface area (TPSA) is 142 Å². The largest absolute Gasteiger partial charge is 0.478 e. The smallest absolute Gasteiger partial charge is 0.330 e. The quantitative estimate of drug-likeness (QED) is 0.184. The fraction of sp³-hybridized carbons (Fsp3) is 0.927. The number of carboxylic acids is 1. The van der Waals surface area contributed by atoms with Crippen molar-refractivity contribution in [2.75, 3.05) is 20.8 Å². The normalized spacial score (nSPS) is 48.3. The Labute approximate surface area is 312 Å². The summed E-state index contributed by atoms with van der Waals surface area (Å²) in [4.78, 5) is 11.2. The van der Waals surface area contributed by atoms with E-state index in [0.29, 0.717) is 31.3 Å². The van der Waals surface area contributed by atoms with Crippen LogP contribution in [0.1, 0.15) is 120 Å². The molecule has 5 saturated heterocycles. The molecule has 17 atom stereocenters. The van der Waals surface area contributed by atoms with Gasteiger partial charge in [0.1, 0.15) is 0 Å². The highest BCUT2D eigenvalue weighted by Crippen LogP contribution is 2.57. The van der Waals surface area contributed by atoms with Crippen molar-refractivity contribution in [3.8, 4) is 0 Å². The number of rotatable bonds is 13. The van der Waals surface area contributed by atoms with Crippen LogP contribution in [0.5, 0.6) is 0 Å². The number of hydrogen-bond donors (Lipinski definition) is 3. The second kappa shape index (κ2) is 16.1. The van der Waals surface area contributed by atoms with Crippen LogP contribution in [0.3, 0.4) is 0 Å². The molecule has 0 saturated carbocycles. The van der Waals surface area contributed by atoms with Crippen molar-refractivity contribution < 1.29 is 53.3 Å². The highest BCUT2D eigenvalue weighted by molar-refractivity contribution is 5.85. The third-order valence-electron chi connectivity index (χ3n) is 13.8. The Morgan fingerprint density at radius 1 is 0.962 bits per heavy atom. The van der Waals surface area contributed by atoms with Crippen molar-refractivity contribution in [1.29, 1.82) is 0 Å². The van der Waals surface area contributed by atoms with Crippen molar-refractivity contribution in [3.63, 3.8) is 0 Å². The average Bonchev–Trinajstić information content (AvgIpc) is 3.76. The molecule has 5 aliphatic rings. The SMILES string of the molecule is COC1CC(CC(O)CCC(C)/C=C(\C)C(=O)O)OC2(OC(C)(C3CCC(C)(C4OC(C5OC(CO)(OC)C(C)CC5C)CC4C)O3)CC2C)C1C. The second-order valence-corrected chi connectivity index (χ2v) is 18.0. The van der Waals surface area contributed by atoms with E-state index < -0.39 is 34.8 Å². The molecule has 5 fully saturated rings. The lowest BCUT2D eigenvalue weighted by Crippen LogP contribution is -2.58. The molecule has 5 heterocycles. The van der Waals surface area contributed by atoms with Gasteiger partial charge in [-0.3, -0.25) is 0 Å². The van der Waals surface area contributed by atoms with E-state index in [-0.39, 0.29) is 78.7 Å². The molecule has 5 rings (SSSR count). The van der Waals surface area contributed by atoms with Gasteiger partial charge in [-0.2, -0.15) is 0 Å². The van der Waals surface area contributed by atoms with Gasteiger partial charge in [-0.05, 0) is 89.9 Å². The van der Waals surface area contributed by atoms with Gasteiger partial charge in [-0.15, -0.1) is 0 Å². The van der Waals surface area contributed by atoms with Gasteiger partial charge in [0.25, 0.3) is 0 Å². The summed E-state index contributed by atoms with van der Waals surface area (Å²) in [5, 5.41) is 30.6. The van der Waals surface area contributed by atoms with Gasteiger partial charge < -0.3 is 48.5 Å². The van der Waals surface area contributed by atoms with Gasteiger partial charge in [0.2, 0.25) is 0 Å². The number of carbonyl (C=O) groups is 1. The molecular formula is C41H70O11. The maximum absolute atomic E-state index is 11.2. The molecule has 0 aromatic rings. The molecule has 0 radical (unpaired) electrons. The van der Waals surface area contributed by atoms with Crippen molar-refractivity contribution in [3.05, 3.63) is 11.6 Å². The van der Waals surface area contributed by atoms with E-state index in [9.17, 15) is 20.1 Å². The molecule has 0 aliphatic carbocycles. The fourth-order valence-electron chi connectivity index (χ4n) is 10.8. The van der Waals surface area contributed by atoms with Crippen molar-refractivity contribution in [1.82, 2.24) is 0 Å². The zero-order chi connectivity index (χ0) is 38.4. The maximum atomic E-state index is 11.2. The number of allylic oxidation sites excluding steroid dienone is 1. The van der Waals surface area contributed by atoms with Crippen LogP contribution in [0.15, 0.2) is 11.6 Å². The third kappa shape index (κ3) is 8.05. The Balaban J connectivity index is 1.24. The van der Waals surface area contributed by atoms with E-state index in [1.165, 1.54) is 0 Å². The molecule has 11 heteroatoms. The average molecular weight is 739 g/mol. The van der Waals surface area contributed by atoms with E-state index in [1.54, 1.807) is 27.2 Å². The summed E-state index contributed by atoms with van der Waals surface area (Å²) in [6, 6.07) is 0. The fourth-order valence-corrected chi connectivity index (χ4v) is 10.8. The number of aliphatic hydroxyl groups excluding tert-OH is 2. The highest BCUT2D eigenvalue weighted by Gasteiger charge is 2.65. The third-order valence-corrected chi connectivity index (χ3v) is 13.8. The summed E-state index contributed by atoms with van der Waals surface area (Å²) in [5.74, 6) is -2.14. The molecule has 0 amide bonds. The Hall–Kier alpha value is -1.15. The van der Waals surface area contributed by atoms with Crippen molar-refractivity contribution >= 4 is 5.97 Å². The number of aliphatic carboxylic acids is 1. The molecule has 0 bridgehead atoms. The zero-order valence-corrected chi connectivity index (χ0v) is 33.8. The van der Waals surface area contributed by atoms with Gasteiger partial charge in [-0.1, -0.05) is 47.6 Å². The minimum absolute atomic E-state index is 0.0306. The van der Waals surface area contributed by atoms with Crippen LogP contribution in [0.4, 0.5) is 0 Å². The summed E-state index contributed by atoms with van der Waals surface area (Å²) in [6.07, 6.45) is 6.82. The molecule has 0 aromatic carbocycles. The second-order valence-electron chi connectivity index (χ2n) is 18.0.